The number of halogens is 3. The third kappa shape index (κ3) is 8.26. The zero-order valence-corrected chi connectivity index (χ0v) is 22.3. The Labute approximate surface area is 229 Å². The quantitative estimate of drug-likeness (QED) is 0.0891. The highest BCUT2D eigenvalue weighted by atomic mass is 35.5. The Morgan fingerprint density at radius 3 is 2.28 bits per heavy atom. The Kier molecular flexibility index (Phi) is 11.7. The van der Waals surface area contributed by atoms with Crippen LogP contribution in [0.25, 0.3) is 33.8 Å². The predicted octanol–water partition coefficient (Wildman–Crippen LogP) is 6.70. The number of unbranched alkanes of at least 4 members (excludes halogenated alkanes) is 3. The van der Waals surface area contributed by atoms with Gasteiger partial charge in [-0.3, -0.25) is 4.99 Å². The van der Waals surface area contributed by atoms with Gasteiger partial charge in [0.1, 0.15) is 5.82 Å². The van der Waals surface area contributed by atoms with Crippen LogP contribution in [-0.2, 0) is 0 Å². The summed E-state index contributed by atoms with van der Waals surface area (Å²) in [5.74, 6) is 1.68. The fraction of sp³-hybridized carbons (Fsp3) is 0.222. The molecule has 1 heterocycles. The summed E-state index contributed by atoms with van der Waals surface area (Å²) in [6.45, 7) is 1.52. The minimum Gasteiger partial charge on any atom is -0.370 e. The number of fused-ring (bicyclic) bond motifs is 2. The molecule has 0 aliphatic heterocycles. The van der Waals surface area contributed by atoms with Crippen molar-refractivity contribution in [2.24, 2.45) is 16.5 Å². The number of rotatable bonds is 10. The van der Waals surface area contributed by atoms with Crippen molar-refractivity contribution in [3.63, 3.8) is 0 Å². The lowest BCUT2D eigenvalue weighted by molar-refractivity contribution is 0.661. The van der Waals surface area contributed by atoms with Gasteiger partial charge in [0.05, 0.1) is 5.52 Å². The number of nitrogens with zero attached hydrogens (tertiary/aromatic N) is 3. The average Bonchev–Trinajstić information content (AvgIpc) is 2.84. The number of nitrogens with two attached hydrogens (primary N) is 2. The molecule has 3 aromatic carbocycles. The van der Waals surface area contributed by atoms with Gasteiger partial charge in [0.15, 0.2) is 11.8 Å². The van der Waals surface area contributed by atoms with Crippen LogP contribution in [-0.4, -0.2) is 29.0 Å². The summed E-state index contributed by atoms with van der Waals surface area (Å²) in [4.78, 5) is 13.7. The van der Waals surface area contributed by atoms with Crippen LogP contribution in [0.2, 0.25) is 5.02 Å². The Morgan fingerprint density at radius 1 is 0.861 bits per heavy atom. The third-order valence-corrected chi connectivity index (χ3v) is 5.80. The smallest absolute Gasteiger partial charge is 0.185 e. The van der Waals surface area contributed by atoms with Gasteiger partial charge in [-0.25, -0.2) is 9.97 Å². The summed E-state index contributed by atoms with van der Waals surface area (Å²) in [5, 5.41) is 7.61. The highest BCUT2D eigenvalue weighted by Gasteiger charge is 2.08. The molecule has 4 aromatic rings. The standard InChI is InChI=1S/C27H29ClN6.2ClH/c28-22-12-9-19(10-13-22)11-14-25-33-24-18-21-8-4-3-7-20(21)17-23(24)26(34-25)31-15-5-1-2-6-16-32-27(29)30;;/h3-4,7-14,17-18H,1-2,5-6,15-16H2,(H4,29,30,32)(H,31,33,34);2*1H/b14-11+;;. The van der Waals surface area contributed by atoms with E-state index in [1.54, 1.807) is 0 Å². The van der Waals surface area contributed by atoms with Gasteiger partial charge in [-0.05, 0) is 59.5 Å². The van der Waals surface area contributed by atoms with Crippen molar-refractivity contribution in [3.05, 3.63) is 77.1 Å². The van der Waals surface area contributed by atoms with E-state index >= 15 is 0 Å². The van der Waals surface area contributed by atoms with Gasteiger partial charge in [-0.1, -0.05) is 66.9 Å². The normalized spacial score (nSPS) is 10.7. The molecule has 0 saturated carbocycles. The molecule has 0 radical (unpaired) electrons. The maximum atomic E-state index is 6.00. The van der Waals surface area contributed by atoms with Gasteiger partial charge in [-0.15, -0.1) is 24.8 Å². The van der Waals surface area contributed by atoms with E-state index in [0.717, 1.165) is 59.9 Å². The molecular weight excluding hydrogens is 515 g/mol. The van der Waals surface area contributed by atoms with Crippen LogP contribution in [0.1, 0.15) is 37.1 Å². The van der Waals surface area contributed by atoms with Gasteiger partial charge in [0, 0.05) is 23.5 Å². The van der Waals surface area contributed by atoms with Gasteiger partial charge in [0.25, 0.3) is 0 Å². The zero-order chi connectivity index (χ0) is 23.8. The summed E-state index contributed by atoms with van der Waals surface area (Å²) in [5.41, 5.74) is 12.7. The first-order chi connectivity index (χ1) is 16.6. The Morgan fingerprint density at radius 2 is 1.56 bits per heavy atom. The van der Waals surface area contributed by atoms with Crippen LogP contribution >= 0.6 is 36.4 Å². The number of benzene rings is 3. The van der Waals surface area contributed by atoms with Crippen molar-refractivity contribution in [3.8, 4) is 0 Å². The Bertz CT molecular complexity index is 1320. The van der Waals surface area contributed by atoms with Gasteiger partial charge in [-0.2, -0.15) is 0 Å². The largest absolute Gasteiger partial charge is 0.370 e. The topological polar surface area (TPSA) is 102 Å². The summed E-state index contributed by atoms with van der Waals surface area (Å²) in [7, 11) is 0. The van der Waals surface area contributed by atoms with Crippen LogP contribution < -0.4 is 16.8 Å². The highest BCUT2D eigenvalue weighted by molar-refractivity contribution is 6.30. The predicted molar refractivity (Wildman–Crippen MR) is 160 cm³/mol. The number of hydrogen-bond donors (Lipinski definition) is 3. The molecule has 0 atom stereocenters. The second kappa shape index (κ2) is 14.5. The van der Waals surface area contributed by atoms with Gasteiger partial charge in [0.2, 0.25) is 0 Å². The van der Waals surface area contributed by atoms with Crippen molar-refractivity contribution in [1.29, 1.82) is 0 Å². The van der Waals surface area contributed by atoms with E-state index in [2.05, 4.69) is 34.6 Å². The number of aromatic nitrogens is 2. The third-order valence-electron chi connectivity index (χ3n) is 5.55. The summed E-state index contributed by atoms with van der Waals surface area (Å²) < 4.78 is 0. The molecular formula is C27H31Cl3N6. The molecule has 190 valence electrons. The second-order valence-electron chi connectivity index (χ2n) is 8.18. The van der Waals surface area contributed by atoms with Gasteiger partial charge >= 0.3 is 0 Å². The summed E-state index contributed by atoms with van der Waals surface area (Å²) >= 11 is 6.00. The first-order valence-electron chi connectivity index (χ1n) is 11.5. The van der Waals surface area contributed by atoms with E-state index in [1.165, 1.54) is 5.39 Å². The molecule has 0 aliphatic rings. The summed E-state index contributed by atoms with van der Waals surface area (Å²) in [6.07, 6.45) is 8.15. The number of guanidine groups is 1. The van der Waals surface area contributed by atoms with E-state index < -0.39 is 0 Å². The minimum atomic E-state index is 0. The van der Waals surface area contributed by atoms with Crippen molar-refractivity contribution < 1.29 is 0 Å². The molecule has 0 fully saturated rings. The van der Waals surface area contributed by atoms with Crippen molar-refractivity contribution >= 4 is 82.0 Å². The monoisotopic (exact) mass is 544 g/mol. The van der Waals surface area contributed by atoms with E-state index in [0.29, 0.717) is 17.4 Å². The molecule has 5 N–H and O–H groups in total. The molecule has 0 saturated heterocycles. The molecule has 0 bridgehead atoms. The molecule has 0 spiro atoms. The Balaban J connectivity index is 0.00000228. The van der Waals surface area contributed by atoms with Gasteiger partial charge < -0.3 is 16.8 Å². The summed E-state index contributed by atoms with van der Waals surface area (Å²) in [6, 6.07) is 20.3. The lowest BCUT2D eigenvalue weighted by atomic mass is 10.1. The SMILES string of the molecule is Cl.Cl.NC(N)=NCCCCCCNc1nc(/C=C/c2ccc(Cl)cc2)nc2cc3ccccc3cc12. The number of hydrogen-bond acceptors (Lipinski definition) is 4. The highest BCUT2D eigenvalue weighted by Crippen LogP contribution is 2.27. The van der Waals surface area contributed by atoms with Crippen LogP contribution in [0.5, 0.6) is 0 Å². The number of anilines is 1. The first-order valence-corrected chi connectivity index (χ1v) is 11.9. The molecule has 0 aliphatic carbocycles. The van der Waals surface area contributed by atoms with Crippen molar-refractivity contribution in [1.82, 2.24) is 9.97 Å². The van der Waals surface area contributed by atoms with E-state index in [4.69, 9.17) is 33.0 Å². The second-order valence-corrected chi connectivity index (χ2v) is 8.62. The number of aliphatic imine (C=N–C) groups is 1. The molecule has 9 heteroatoms. The first kappa shape index (κ1) is 29.2. The molecule has 1 aromatic heterocycles. The molecule has 0 amide bonds. The molecule has 6 nitrogen and oxygen atoms in total. The van der Waals surface area contributed by atoms with Crippen LogP contribution in [0.15, 0.2) is 65.7 Å². The van der Waals surface area contributed by atoms with Crippen molar-refractivity contribution in [2.75, 3.05) is 18.4 Å². The molecule has 4 rings (SSSR count). The van der Waals surface area contributed by atoms with E-state index in [1.807, 2.05) is 48.6 Å². The van der Waals surface area contributed by atoms with E-state index in [9.17, 15) is 0 Å². The van der Waals surface area contributed by atoms with Crippen LogP contribution in [0.4, 0.5) is 5.82 Å². The fourth-order valence-electron chi connectivity index (χ4n) is 3.79. The lowest BCUT2D eigenvalue weighted by Crippen LogP contribution is -2.22. The van der Waals surface area contributed by atoms with Crippen molar-refractivity contribution in [2.45, 2.75) is 25.7 Å². The fourth-order valence-corrected chi connectivity index (χ4v) is 3.92. The Hall–Kier alpha value is -3.06. The molecule has 0 unspecified atom stereocenters. The van der Waals surface area contributed by atoms with Crippen LogP contribution in [0, 0.1) is 0 Å². The average molecular weight is 546 g/mol. The van der Waals surface area contributed by atoms with E-state index in [-0.39, 0.29) is 30.8 Å². The van der Waals surface area contributed by atoms with Crippen LogP contribution in [0.3, 0.4) is 0 Å². The number of nitrogens with one attached hydrogen (secondary N) is 1. The lowest BCUT2D eigenvalue weighted by Gasteiger charge is -2.11. The zero-order valence-electron chi connectivity index (χ0n) is 19.9. The maximum Gasteiger partial charge on any atom is 0.185 e. The minimum absolute atomic E-state index is 0. The maximum absolute atomic E-state index is 6.00. The molecule has 36 heavy (non-hydrogen) atoms.